The zero-order chi connectivity index (χ0) is 13.7. The van der Waals surface area contributed by atoms with Gasteiger partial charge in [-0.15, -0.1) is 12.4 Å². The van der Waals surface area contributed by atoms with E-state index in [0.29, 0.717) is 19.0 Å². The number of rotatable bonds is 5. The van der Waals surface area contributed by atoms with E-state index in [4.69, 9.17) is 4.74 Å². The molecule has 0 bridgehead atoms. The van der Waals surface area contributed by atoms with Gasteiger partial charge < -0.3 is 15.4 Å². The molecule has 1 fully saturated rings. The van der Waals surface area contributed by atoms with Gasteiger partial charge in [0.2, 0.25) is 5.91 Å². The van der Waals surface area contributed by atoms with Gasteiger partial charge in [-0.1, -0.05) is 6.07 Å². The molecule has 1 aromatic carbocycles. The first-order valence-corrected chi connectivity index (χ1v) is 7.31. The van der Waals surface area contributed by atoms with E-state index in [1.807, 2.05) is 18.2 Å². The van der Waals surface area contributed by atoms with E-state index in [2.05, 4.69) is 26.6 Å². The molecule has 1 atom stereocenters. The molecule has 1 aliphatic heterocycles. The van der Waals surface area contributed by atoms with Crippen molar-refractivity contribution in [1.82, 2.24) is 10.6 Å². The van der Waals surface area contributed by atoms with Crippen LogP contribution in [0.5, 0.6) is 5.75 Å². The molecule has 112 valence electrons. The highest BCUT2D eigenvalue weighted by Gasteiger charge is 2.17. The molecule has 1 saturated heterocycles. The summed E-state index contributed by atoms with van der Waals surface area (Å²) in [5, 5.41) is 6.27. The SMILES string of the molecule is COc1ccc(CNC(=O)CC2CCCN2)cc1Br.Cl. The first-order valence-electron chi connectivity index (χ1n) is 6.51. The highest BCUT2D eigenvalue weighted by Crippen LogP contribution is 2.25. The Balaban J connectivity index is 0.00000200. The van der Waals surface area contributed by atoms with Crippen LogP contribution < -0.4 is 15.4 Å². The van der Waals surface area contributed by atoms with E-state index in [-0.39, 0.29) is 18.3 Å². The maximum atomic E-state index is 11.8. The first-order chi connectivity index (χ1) is 9.19. The van der Waals surface area contributed by atoms with Gasteiger partial charge in [0.1, 0.15) is 5.75 Å². The van der Waals surface area contributed by atoms with Crippen molar-refractivity contribution in [2.24, 2.45) is 0 Å². The molecule has 0 radical (unpaired) electrons. The molecule has 1 amide bonds. The minimum Gasteiger partial charge on any atom is -0.496 e. The van der Waals surface area contributed by atoms with Crippen LogP contribution in [0.1, 0.15) is 24.8 Å². The average Bonchev–Trinajstić information content (AvgIpc) is 2.89. The lowest BCUT2D eigenvalue weighted by atomic mass is 10.1. The van der Waals surface area contributed by atoms with Gasteiger partial charge in [-0.3, -0.25) is 4.79 Å². The summed E-state index contributed by atoms with van der Waals surface area (Å²) >= 11 is 3.44. The molecule has 0 aromatic heterocycles. The van der Waals surface area contributed by atoms with Gasteiger partial charge in [0.15, 0.2) is 0 Å². The zero-order valence-corrected chi connectivity index (χ0v) is 13.9. The third-order valence-corrected chi connectivity index (χ3v) is 3.92. The molecule has 1 unspecified atom stereocenters. The maximum Gasteiger partial charge on any atom is 0.221 e. The molecule has 0 saturated carbocycles. The second-order valence-corrected chi connectivity index (χ2v) is 5.60. The van der Waals surface area contributed by atoms with Crippen molar-refractivity contribution in [2.75, 3.05) is 13.7 Å². The Hall–Kier alpha value is -0.780. The van der Waals surface area contributed by atoms with Crippen LogP contribution in [-0.4, -0.2) is 25.6 Å². The number of benzene rings is 1. The van der Waals surface area contributed by atoms with E-state index in [1.54, 1.807) is 7.11 Å². The average molecular weight is 364 g/mol. The molecular weight excluding hydrogens is 344 g/mol. The lowest BCUT2D eigenvalue weighted by Gasteiger charge is -2.11. The molecule has 4 nitrogen and oxygen atoms in total. The fraction of sp³-hybridized carbons (Fsp3) is 0.500. The topological polar surface area (TPSA) is 50.4 Å². The van der Waals surface area contributed by atoms with Crippen molar-refractivity contribution < 1.29 is 9.53 Å². The van der Waals surface area contributed by atoms with Gasteiger partial charge in [0.25, 0.3) is 0 Å². The van der Waals surface area contributed by atoms with Gasteiger partial charge in [-0.2, -0.15) is 0 Å². The number of nitrogens with one attached hydrogen (secondary N) is 2. The van der Waals surface area contributed by atoms with Gasteiger partial charge in [0.05, 0.1) is 11.6 Å². The normalized spacial score (nSPS) is 17.4. The Labute approximate surface area is 134 Å². The van der Waals surface area contributed by atoms with Crippen molar-refractivity contribution in [3.05, 3.63) is 28.2 Å². The Bertz CT molecular complexity index is 451. The molecular formula is C14H20BrClN2O2. The molecule has 20 heavy (non-hydrogen) atoms. The van der Waals surface area contributed by atoms with Gasteiger partial charge >= 0.3 is 0 Å². The van der Waals surface area contributed by atoms with Crippen LogP contribution >= 0.6 is 28.3 Å². The number of carbonyl (C=O) groups excluding carboxylic acids is 1. The van der Waals surface area contributed by atoms with Crippen LogP contribution in [0, 0.1) is 0 Å². The van der Waals surface area contributed by atoms with Gasteiger partial charge in [-0.25, -0.2) is 0 Å². The second kappa shape index (κ2) is 8.49. The number of carbonyl (C=O) groups is 1. The number of amides is 1. The molecule has 6 heteroatoms. The summed E-state index contributed by atoms with van der Waals surface area (Å²) in [6, 6.07) is 6.16. The number of ether oxygens (including phenoxy) is 1. The van der Waals surface area contributed by atoms with Crippen molar-refractivity contribution >= 4 is 34.2 Å². The van der Waals surface area contributed by atoms with E-state index < -0.39 is 0 Å². The summed E-state index contributed by atoms with van der Waals surface area (Å²) in [6.45, 7) is 1.58. The standard InChI is InChI=1S/C14H19BrN2O2.ClH/c1-19-13-5-4-10(7-12(13)15)9-17-14(18)8-11-3-2-6-16-11;/h4-5,7,11,16H,2-3,6,8-9H2,1H3,(H,17,18);1H. The van der Waals surface area contributed by atoms with Crippen LogP contribution in [0.25, 0.3) is 0 Å². The highest BCUT2D eigenvalue weighted by molar-refractivity contribution is 9.10. The maximum absolute atomic E-state index is 11.8. The van der Waals surface area contributed by atoms with Crippen LogP contribution in [0.15, 0.2) is 22.7 Å². The number of hydrogen-bond donors (Lipinski definition) is 2. The Morgan fingerprint density at radius 2 is 2.35 bits per heavy atom. The molecule has 1 aromatic rings. The predicted octanol–water partition coefficient (Wildman–Crippen LogP) is 2.64. The third-order valence-electron chi connectivity index (χ3n) is 3.30. The summed E-state index contributed by atoms with van der Waals surface area (Å²) in [6.07, 6.45) is 2.84. The Morgan fingerprint density at radius 3 is 2.95 bits per heavy atom. The predicted molar refractivity (Wildman–Crippen MR) is 85.4 cm³/mol. The van der Waals surface area contributed by atoms with Gasteiger partial charge in [0, 0.05) is 19.0 Å². The molecule has 2 rings (SSSR count). The van der Waals surface area contributed by atoms with Crippen LogP contribution in [0.4, 0.5) is 0 Å². The van der Waals surface area contributed by atoms with Crippen LogP contribution in [0.3, 0.4) is 0 Å². The van der Waals surface area contributed by atoms with Crippen molar-refractivity contribution in [1.29, 1.82) is 0 Å². The fourth-order valence-electron chi connectivity index (χ4n) is 2.25. The summed E-state index contributed by atoms with van der Waals surface area (Å²) in [5.41, 5.74) is 1.06. The van der Waals surface area contributed by atoms with Crippen molar-refractivity contribution in [3.63, 3.8) is 0 Å². The summed E-state index contributed by atoms with van der Waals surface area (Å²) < 4.78 is 6.07. The Morgan fingerprint density at radius 1 is 1.55 bits per heavy atom. The highest BCUT2D eigenvalue weighted by atomic mass is 79.9. The quantitative estimate of drug-likeness (QED) is 0.845. The molecule has 0 aliphatic carbocycles. The van der Waals surface area contributed by atoms with E-state index >= 15 is 0 Å². The molecule has 1 heterocycles. The second-order valence-electron chi connectivity index (χ2n) is 4.74. The molecule has 0 spiro atoms. The lowest BCUT2D eigenvalue weighted by Crippen LogP contribution is -2.31. The third kappa shape index (κ3) is 4.96. The minimum absolute atomic E-state index is 0. The largest absolute Gasteiger partial charge is 0.496 e. The lowest BCUT2D eigenvalue weighted by molar-refractivity contribution is -0.121. The van der Waals surface area contributed by atoms with Crippen LogP contribution in [0.2, 0.25) is 0 Å². The number of methoxy groups -OCH3 is 1. The Kier molecular flexibility index (Phi) is 7.34. The van der Waals surface area contributed by atoms with Crippen molar-refractivity contribution in [2.45, 2.75) is 31.8 Å². The van der Waals surface area contributed by atoms with Gasteiger partial charge in [-0.05, 0) is 53.0 Å². The van der Waals surface area contributed by atoms with Crippen LogP contribution in [-0.2, 0) is 11.3 Å². The van der Waals surface area contributed by atoms with E-state index in [9.17, 15) is 4.79 Å². The summed E-state index contributed by atoms with van der Waals surface area (Å²) in [4.78, 5) is 11.8. The minimum atomic E-state index is 0. The first kappa shape index (κ1) is 17.3. The molecule has 2 N–H and O–H groups in total. The monoisotopic (exact) mass is 362 g/mol. The molecule has 1 aliphatic rings. The van der Waals surface area contributed by atoms with E-state index in [1.165, 1.54) is 6.42 Å². The fourth-order valence-corrected chi connectivity index (χ4v) is 2.84. The summed E-state index contributed by atoms with van der Waals surface area (Å²) in [5.74, 6) is 0.900. The van der Waals surface area contributed by atoms with E-state index in [0.717, 1.165) is 28.8 Å². The van der Waals surface area contributed by atoms with Crippen molar-refractivity contribution in [3.8, 4) is 5.75 Å². The summed E-state index contributed by atoms with van der Waals surface area (Å²) in [7, 11) is 1.64. The zero-order valence-electron chi connectivity index (χ0n) is 11.4. The number of halogens is 2. The smallest absolute Gasteiger partial charge is 0.221 e. The number of hydrogen-bond acceptors (Lipinski definition) is 3.